The van der Waals surface area contributed by atoms with Crippen LogP contribution in [0.1, 0.15) is 31.0 Å². The van der Waals surface area contributed by atoms with Gasteiger partial charge in [0.25, 0.3) is 0 Å². The summed E-state index contributed by atoms with van der Waals surface area (Å²) in [5.74, 6) is -0.777. The molecule has 88 valence electrons. The number of aryl methyl sites for hydroxylation is 1. The lowest BCUT2D eigenvalue weighted by molar-refractivity contribution is -0.138. The maximum atomic E-state index is 10.7. The maximum absolute atomic E-state index is 10.7. The van der Waals surface area contributed by atoms with E-state index in [1.165, 1.54) is 5.56 Å². The van der Waals surface area contributed by atoms with Crippen molar-refractivity contribution in [2.75, 3.05) is 13.1 Å². The Labute approximate surface area is 96.7 Å². The average molecular weight is 221 g/mol. The zero-order valence-electron chi connectivity index (χ0n) is 10.1. The van der Waals surface area contributed by atoms with Crippen LogP contribution >= 0.6 is 0 Å². The van der Waals surface area contributed by atoms with Gasteiger partial charge in [-0.2, -0.15) is 0 Å². The van der Waals surface area contributed by atoms with E-state index in [2.05, 4.69) is 24.3 Å². The van der Waals surface area contributed by atoms with Crippen molar-refractivity contribution in [2.24, 2.45) is 0 Å². The zero-order valence-corrected chi connectivity index (χ0v) is 10.1. The smallest absolute Gasteiger partial charge is 0.317 e. The number of hydrogen-bond acceptors (Lipinski definition) is 2. The number of rotatable bonds is 5. The Bertz CT molecular complexity index is 345. The summed E-state index contributed by atoms with van der Waals surface area (Å²) >= 11 is 0. The normalized spacial score (nSPS) is 12.8. The number of carbonyl (C=O) groups is 1. The third-order valence-corrected chi connectivity index (χ3v) is 2.85. The summed E-state index contributed by atoms with van der Waals surface area (Å²) in [7, 11) is 0. The molecule has 3 heteroatoms. The third-order valence-electron chi connectivity index (χ3n) is 2.85. The number of hydrogen-bond donors (Lipinski definition) is 1. The third kappa shape index (κ3) is 3.35. The van der Waals surface area contributed by atoms with Gasteiger partial charge in [-0.05, 0) is 26.0 Å². The zero-order chi connectivity index (χ0) is 12.1. The maximum Gasteiger partial charge on any atom is 0.317 e. The van der Waals surface area contributed by atoms with E-state index in [0.29, 0.717) is 0 Å². The molecule has 0 aliphatic heterocycles. The molecule has 1 aromatic rings. The molecule has 1 rings (SSSR count). The quantitative estimate of drug-likeness (QED) is 0.830. The van der Waals surface area contributed by atoms with Gasteiger partial charge in [-0.15, -0.1) is 0 Å². The summed E-state index contributed by atoms with van der Waals surface area (Å²) in [5, 5.41) is 8.81. The van der Waals surface area contributed by atoms with Crippen LogP contribution in [0.3, 0.4) is 0 Å². The van der Waals surface area contributed by atoms with Crippen LogP contribution in [0.5, 0.6) is 0 Å². The van der Waals surface area contributed by atoms with E-state index in [1.807, 2.05) is 25.7 Å². The second-order valence-electron chi connectivity index (χ2n) is 4.04. The molecule has 0 saturated heterocycles. The van der Waals surface area contributed by atoms with Crippen molar-refractivity contribution in [2.45, 2.75) is 26.8 Å². The first-order valence-corrected chi connectivity index (χ1v) is 5.57. The highest BCUT2D eigenvalue weighted by atomic mass is 16.4. The Morgan fingerprint density at radius 1 is 1.38 bits per heavy atom. The van der Waals surface area contributed by atoms with Crippen LogP contribution in [0.15, 0.2) is 24.3 Å². The average Bonchev–Trinajstić information content (AvgIpc) is 2.25. The molecule has 0 aromatic heterocycles. The van der Waals surface area contributed by atoms with Crippen LogP contribution in [0, 0.1) is 6.92 Å². The van der Waals surface area contributed by atoms with Crippen molar-refractivity contribution < 1.29 is 9.90 Å². The van der Waals surface area contributed by atoms with E-state index < -0.39 is 5.97 Å². The van der Waals surface area contributed by atoms with Gasteiger partial charge in [0.15, 0.2) is 0 Å². The summed E-state index contributed by atoms with van der Waals surface area (Å²) in [6.45, 7) is 6.89. The summed E-state index contributed by atoms with van der Waals surface area (Å²) in [6.07, 6.45) is 0. The van der Waals surface area contributed by atoms with E-state index >= 15 is 0 Å². The second kappa shape index (κ2) is 5.66. The van der Waals surface area contributed by atoms with Gasteiger partial charge < -0.3 is 5.11 Å². The first-order chi connectivity index (χ1) is 7.54. The van der Waals surface area contributed by atoms with Crippen LogP contribution < -0.4 is 0 Å². The highest BCUT2D eigenvalue weighted by Gasteiger charge is 2.16. The van der Waals surface area contributed by atoms with Gasteiger partial charge >= 0.3 is 5.97 Å². The fourth-order valence-corrected chi connectivity index (χ4v) is 1.75. The molecule has 0 heterocycles. The molecule has 0 aliphatic rings. The molecule has 3 nitrogen and oxygen atoms in total. The fourth-order valence-electron chi connectivity index (χ4n) is 1.75. The first-order valence-electron chi connectivity index (χ1n) is 5.57. The predicted octanol–water partition coefficient (Wildman–Crippen LogP) is 2.46. The molecule has 0 bridgehead atoms. The van der Waals surface area contributed by atoms with E-state index in [0.717, 1.165) is 12.1 Å². The van der Waals surface area contributed by atoms with Gasteiger partial charge in [-0.1, -0.05) is 36.8 Å². The molecular formula is C13H19NO2. The first kappa shape index (κ1) is 12.7. The number of aliphatic carboxylic acids is 1. The van der Waals surface area contributed by atoms with E-state index in [9.17, 15) is 4.79 Å². The van der Waals surface area contributed by atoms with Gasteiger partial charge in [0, 0.05) is 6.04 Å². The Hall–Kier alpha value is -1.35. The SMILES string of the molecule is CCN(CC(=O)O)C(C)c1ccc(C)cc1. The lowest BCUT2D eigenvalue weighted by atomic mass is 10.1. The molecule has 0 aliphatic carbocycles. The molecule has 0 spiro atoms. The van der Waals surface area contributed by atoms with E-state index in [4.69, 9.17) is 5.11 Å². The van der Waals surface area contributed by atoms with Crippen molar-refractivity contribution in [1.82, 2.24) is 4.90 Å². The monoisotopic (exact) mass is 221 g/mol. The fraction of sp³-hybridized carbons (Fsp3) is 0.462. The molecule has 1 atom stereocenters. The lowest BCUT2D eigenvalue weighted by Gasteiger charge is -2.26. The van der Waals surface area contributed by atoms with E-state index in [1.54, 1.807) is 0 Å². The Morgan fingerprint density at radius 3 is 2.38 bits per heavy atom. The molecule has 1 aromatic carbocycles. The molecule has 16 heavy (non-hydrogen) atoms. The highest BCUT2D eigenvalue weighted by Crippen LogP contribution is 2.19. The summed E-state index contributed by atoms with van der Waals surface area (Å²) in [6, 6.07) is 8.37. The Balaban J connectivity index is 2.78. The van der Waals surface area contributed by atoms with Crippen molar-refractivity contribution in [1.29, 1.82) is 0 Å². The van der Waals surface area contributed by atoms with Gasteiger partial charge in [0.05, 0.1) is 6.54 Å². The Kier molecular flexibility index (Phi) is 4.50. The van der Waals surface area contributed by atoms with Crippen LogP contribution in [-0.2, 0) is 4.79 Å². The molecule has 0 amide bonds. The molecule has 0 saturated carbocycles. The molecular weight excluding hydrogens is 202 g/mol. The summed E-state index contributed by atoms with van der Waals surface area (Å²) < 4.78 is 0. The van der Waals surface area contributed by atoms with Crippen molar-refractivity contribution >= 4 is 5.97 Å². The number of carboxylic acid groups (broad SMARTS) is 1. The Morgan fingerprint density at radius 2 is 1.94 bits per heavy atom. The minimum absolute atomic E-state index is 0.0888. The highest BCUT2D eigenvalue weighted by molar-refractivity contribution is 5.69. The lowest BCUT2D eigenvalue weighted by Crippen LogP contribution is -2.32. The molecule has 1 unspecified atom stereocenters. The van der Waals surface area contributed by atoms with Crippen LogP contribution in [0.2, 0.25) is 0 Å². The van der Waals surface area contributed by atoms with Crippen LogP contribution in [0.25, 0.3) is 0 Å². The van der Waals surface area contributed by atoms with Crippen molar-refractivity contribution in [3.8, 4) is 0 Å². The molecule has 1 N–H and O–H groups in total. The molecule has 0 radical (unpaired) electrons. The number of benzene rings is 1. The molecule has 0 fully saturated rings. The van der Waals surface area contributed by atoms with Gasteiger partial charge in [-0.3, -0.25) is 9.69 Å². The topological polar surface area (TPSA) is 40.5 Å². The predicted molar refractivity (Wildman–Crippen MR) is 64.5 cm³/mol. The van der Waals surface area contributed by atoms with Gasteiger partial charge in [0.2, 0.25) is 0 Å². The van der Waals surface area contributed by atoms with Crippen LogP contribution in [-0.4, -0.2) is 29.1 Å². The number of likely N-dealkylation sites (N-methyl/N-ethyl adjacent to an activating group) is 1. The second-order valence-corrected chi connectivity index (χ2v) is 4.04. The van der Waals surface area contributed by atoms with Crippen molar-refractivity contribution in [3.63, 3.8) is 0 Å². The van der Waals surface area contributed by atoms with Crippen molar-refractivity contribution in [3.05, 3.63) is 35.4 Å². The summed E-state index contributed by atoms with van der Waals surface area (Å²) in [4.78, 5) is 12.7. The number of nitrogens with zero attached hydrogens (tertiary/aromatic N) is 1. The largest absolute Gasteiger partial charge is 0.480 e. The van der Waals surface area contributed by atoms with Gasteiger partial charge in [0.1, 0.15) is 0 Å². The van der Waals surface area contributed by atoms with E-state index in [-0.39, 0.29) is 12.6 Å². The standard InChI is InChI=1S/C13H19NO2/c1-4-14(9-13(15)16)11(3)12-7-5-10(2)6-8-12/h5-8,11H,4,9H2,1-3H3,(H,15,16). The summed E-state index contributed by atoms with van der Waals surface area (Å²) in [5.41, 5.74) is 2.38. The minimum Gasteiger partial charge on any atom is -0.480 e. The van der Waals surface area contributed by atoms with Crippen LogP contribution in [0.4, 0.5) is 0 Å². The van der Waals surface area contributed by atoms with Gasteiger partial charge in [-0.25, -0.2) is 0 Å². The minimum atomic E-state index is -0.777. The number of carboxylic acids is 1.